The van der Waals surface area contributed by atoms with Crippen LogP contribution in [-0.2, 0) is 9.53 Å². The van der Waals surface area contributed by atoms with E-state index in [0.717, 1.165) is 43.5 Å². The molecule has 6 nitrogen and oxygen atoms in total. The average molecular weight is 381 g/mol. The number of amides is 1. The SMILES string of the molecule is C[C@@H]1CCCC[C@H]1NC(=O)COC(=O)c1cc(C2CC2)nn1-c1ccccc1. The van der Waals surface area contributed by atoms with Crippen LogP contribution in [0.1, 0.15) is 67.5 Å². The maximum Gasteiger partial charge on any atom is 0.357 e. The lowest BCUT2D eigenvalue weighted by Gasteiger charge is -2.29. The summed E-state index contributed by atoms with van der Waals surface area (Å²) in [4.78, 5) is 25.0. The van der Waals surface area contributed by atoms with Crippen LogP contribution < -0.4 is 5.32 Å². The van der Waals surface area contributed by atoms with E-state index in [-0.39, 0.29) is 18.6 Å². The Hall–Kier alpha value is -2.63. The van der Waals surface area contributed by atoms with E-state index in [1.807, 2.05) is 30.3 Å². The summed E-state index contributed by atoms with van der Waals surface area (Å²) in [7, 11) is 0. The molecule has 0 spiro atoms. The molecule has 0 radical (unpaired) electrons. The van der Waals surface area contributed by atoms with Gasteiger partial charge in [0, 0.05) is 12.0 Å². The molecule has 0 bridgehead atoms. The first-order chi connectivity index (χ1) is 13.6. The van der Waals surface area contributed by atoms with Gasteiger partial charge in [-0.1, -0.05) is 38.0 Å². The first kappa shape index (κ1) is 18.7. The van der Waals surface area contributed by atoms with E-state index in [1.54, 1.807) is 10.7 Å². The fourth-order valence-electron chi connectivity index (χ4n) is 3.87. The van der Waals surface area contributed by atoms with Crippen molar-refractivity contribution in [2.45, 2.75) is 57.4 Å². The highest BCUT2D eigenvalue weighted by molar-refractivity contribution is 5.90. The molecule has 2 aliphatic rings. The van der Waals surface area contributed by atoms with Crippen LogP contribution in [0, 0.1) is 5.92 Å². The molecule has 1 aromatic heterocycles. The van der Waals surface area contributed by atoms with Crippen molar-refractivity contribution in [2.75, 3.05) is 6.61 Å². The molecule has 2 fully saturated rings. The quantitative estimate of drug-likeness (QED) is 0.776. The zero-order valence-corrected chi connectivity index (χ0v) is 16.3. The molecular formula is C22H27N3O3. The Morgan fingerprint density at radius 2 is 1.89 bits per heavy atom. The molecule has 2 saturated carbocycles. The summed E-state index contributed by atoms with van der Waals surface area (Å²) in [6, 6.07) is 11.5. The molecule has 0 unspecified atom stereocenters. The molecule has 28 heavy (non-hydrogen) atoms. The molecule has 0 aliphatic heterocycles. The van der Waals surface area contributed by atoms with Gasteiger partial charge < -0.3 is 10.1 Å². The average Bonchev–Trinajstić information content (AvgIpc) is 3.47. The number of esters is 1. The summed E-state index contributed by atoms with van der Waals surface area (Å²) in [6.45, 7) is 1.90. The van der Waals surface area contributed by atoms with Crippen LogP contribution in [0.15, 0.2) is 36.4 Å². The number of rotatable bonds is 6. The number of aromatic nitrogens is 2. The lowest BCUT2D eigenvalue weighted by Crippen LogP contribution is -2.42. The van der Waals surface area contributed by atoms with Gasteiger partial charge in [0.15, 0.2) is 12.3 Å². The van der Waals surface area contributed by atoms with Crippen LogP contribution in [0.5, 0.6) is 0 Å². The van der Waals surface area contributed by atoms with Crippen molar-refractivity contribution in [1.29, 1.82) is 0 Å². The minimum absolute atomic E-state index is 0.177. The second-order valence-corrected chi connectivity index (χ2v) is 7.99. The Morgan fingerprint density at radius 3 is 2.61 bits per heavy atom. The maximum atomic E-state index is 12.7. The monoisotopic (exact) mass is 381 g/mol. The van der Waals surface area contributed by atoms with Crippen molar-refractivity contribution in [1.82, 2.24) is 15.1 Å². The van der Waals surface area contributed by atoms with Crippen LogP contribution in [-0.4, -0.2) is 34.3 Å². The number of carbonyl (C=O) groups is 2. The van der Waals surface area contributed by atoms with Crippen molar-refractivity contribution in [3.63, 3.8) is 0 Å². The number of nitrogens with zero attached hydrogens (tertiary/aromatic N) is 2. The Bertz CT molecular complexity index is 842. The largest absolute Gasteiger partial charge is 0.451 e. The van der Waals surface area contributed by atoms with Crippen molar-refractivity contribution in [2.24, 2.45) is 5.92 Å². The first-order valence-electron chi connectivity index (χ1n) is 10.2. The maximum absolute atomic E-state index is 12.7. The zero-order chi connectivity index (χ0) is 19.5. The number of benzene rings is 1. The highest BCUT2D eigenvalue weighted by Gasteiger charge is 2.30. The third kappa shape index (κ3) is 4.26. The van der Waals surface area contributed by atoms with Gasteiger partial charge in [-0.2, -0.15) is 5.10 Å². The second kappa shape index (κ2) is 8.17. The van der Waals surface area contributed by atoms with Gasteiger partial charge in [0.2, 0.25) is 0 Å². The summed E-state index contributed by atoms with van der Waals surface area (Å²) in [5, 5.41) is 7.63. The molecule has 148 valence electrons. The third-order valence-electron chi connectivity index (χ3n) is 5.73. The van der Waals surface area contributed by atoms with Crippen LogP contribution in [0.4, 0.5) is 0 Å². The first-order valence-corrected chi connectivity index (χ1v) is 10.2. The van der Waals surface area contributed by atoms with Crippen molar-refractivity contribution < 1.29 is 14.3 Å². The summed E-state index contributed by atoms with van der Waals surface area (Å²) in [5.41, 5.74) is 2.09. The number of carbonyl (C=O) groups excluding carboxylic acids is 2. The minimum atomic E-state index is -0.518. The number of hydrogen-bond acceptors (Lipinski definition) is 4. The number of hydrogen-bond donors (Lipinski definition) is 1. The van der Waals surface area contributed by atoms with E-state index in [9.17, 15) is 9.59 Å². The van der Waals surface area contributed by atoms with E-state index in [4.69, 9.17) is 4.74 Å². The fourth-order valence-corrected chi connectivity index (χ4v) is 3.87. The van der Waals surface area contributed by atoms with E-state index in [0.29, 0.717) is 17.5 Å². The summed E-state index contributed by atoms with van der Waals surface area (Å²) in [5.74, 6) is 0.136. The van der Waals surface area contributed by atoms with Crippen LogP contribution in [0.2, 0.25) is 0 Å². The molecule has 2 atom stereocenters. The fraction of sp³-hybridized carbons (Fsp3) is 0.500. The molecule has 1 aromatic carbocycles. The molecular weight excluding hydrogens is 354 g/mol. The smallest absolute Gasteiger partial charge is 0.357 e. The lowest BCUT2D eigenvalue weighted by molar-refractivity contribution is -0.125. The summed E-state index contributed by atoms with van der Waals surface area (Å²) >= 11 is 0. The van der Waals surface area contributed by atoms with Crippen LogP contribution >= 0.6 is 0 Å². The Balaban J connectivity index is 1.42. The van der Waals surface area contributed by atoms with Gasteiger partial charge in [-0.25, -0.2) is 9.48 Å². The van der Waals surface area contributed by atoms with Gasteiger partial charge in [-0.15, -0.1) is 0 Å². The van der Waals surface area contributed by atoms with Crippen LogP contribution in [0.25, 0.3) is 5.69 Å². The highest BCUT2D eigenvalue weighted by atomic mass is 16.5. The number of ether oxygens (including phenoxy) is 1. The highest BCUT2D eigenvalue weighted by Crippen LogP contribution is 2.39. The van der Waals surface area contributed by atoms with Gasteiger partial charge in [-0.3, -0.25) is 4.79 Å². The third-order valence-corrected chi connectivity index (χ3v) is 5.73. The Kier molecular flexibility index (Phi) is 5.46. The zero-order valence-electron chi connectivity index (χ0n) is 16.3. The Labute approximate surface area is 165 Å². The number of para-hydroxylation sites is 1. The van der Waals surface area contributed by atoms with E-state index < -0.39 is 5.97 Å². The topological polar surface area (TPSA) is 73.2 Å². The molecule has 1 heterocycles. The van der Waals surface area contributed by atoms with E-state index in [2.05, 4.69) is 17.3 Å². The molecule has 6 heteroatoms. The van der Waals surface area contributed by atoms with Gasteiger partial charge in [-0.05, 0) is 49.8 Å². The van der Waals surface area contributed by atoms with Gasteiger partial charge >= 0.3 is 5.97 Å². The van der Waals surface area contributed by atoms with Gasteiger partial charge in [0.1, 0.15) is 0 Å². The molecule has 2 aromatic rings. The predicted octanol–water partition coefficient (Wildman–Crippen LogP) is 3.60. The number of nitrogens with one attached hydrogen (secondary N) is 1. The molecule has 1 N–H and O–H groups in total. The second-order valence-electron chi connectivity index (χ2n) is 7.99. The molecule has 2 aliphatic carbocycles. The van der Waals surface area contributed by atoms with Gasteiger partial charge in [0.25, 0.3) is 5.91 Å². The van der Waals surface area contributed by atoms with E-state index in [1.165, 1.54) is 6.42 Å². The van der Waals surface area contributed by atoms with Crippen molar-refractivity contribution in [3.8, 4) is 5.69 Å². The lowest BCUT2D eigenvalue weighted by atomic mass is 9.86. The molecule has 0 saturated heterocycles. The minimum Gasteiger partial charge on any atom is -0.451 e. The van der Waals surface area contributed by atoms with Gasteiger partial charge in [0.05, 0.1) is 11.4 Å². The van der Waals surface area contributed by atoms with Crippen LogP contribution in [0.3, 0.4) is 0 Å². The summed E-state index contributed by atoms with van der Waals surface area (Å²) < 4.78 is 6.95. The standard InChI is InChI=1S/C22H27N3O3/c1-15-7-5-6-10-18(15)23-21(26)14-28-22(27)20-13-19(16-11-12-16)24-25(20)17-8-3-2-4-9-17/h2-4,8-9,13,15-16,18H,5-7,10-12,14H2,1H3,(H,23,26)/t15-,18-/m1/s1. The molecule has 4 rings (SSSR count). The summed E-state index contributed by atoms with van der Waals surface area (Å²) in [6.07, 6.45) is 6.67. The predicted molar refractivity (Wildman–Crippen MR) is 105 cm³/mol. The molecule has 1 amide bonds. The Morgan fingerprint density at radius 1 is 1.14 bits per heavy atom. The van der Waals surface area contributed by atoms with Crippen molar-refractivity contribution in [3.05, 3.63) is 47.8 Å². The van der Waals surface area contributed by atoms with E-state index >= 15 is 0 Å². The normalized spacial score (nSPS) is 21.9. The van der Waals surface area contributed by atoms with Crippen molar-refractivity contribution >= 4 is 11.9 Å².